The molecule has 7 nitrogen and oxygen atoms in total. The summed E-state index contributed by atoms with van der Waals surface area (Å²) in [5.74, 6) is -0.847. The fraction of sp³-hybridized carbons (Fsp3) is 0.556. The minimum Gasteiger partial charge on any atom is -0.496 e. The molecule has 1 fully saturated rings. The molecule has 1 saturated heterocycles. The molecule has 0 N–H and O–H groups in total. The summed E-state index contributed by atoms with van der Waals surface area (Å²) in [6.45, 7) is 3.29. The third-order valence-corrected chi connectivity index (χ3v) is 6.65. The number of sulfone groups is 1. The third kappa shape index (κ3) is 5.35. The first-order valence-corrected chi connectivity index (χ1v) is 10.9. The normalized spacial score (nSPS) is 19.3. The molecule has 1 aromatic carbocycles. The van der Waals surface area contributed by atoms with Gasteiger partial charge in [0.25, 0.3) is 5.91 Å². The number of hydrogen-bond acceptors (Lipinski definition) is 6. The summed E-state index contributed by atoms with van der Waals surface area (Å²) in [4.78, 5) is 26.6. The monoisotopic (exact) mass is 417 g/mol. The average Bonchev–Trinajstić information content (AvgIpc) is 2.98. The molecule has 2 atom stereocenters. The molecule has 0 spiro atoms. The molecule has 0 saturated carbocycles. The van der Waals surface area contributed by atoms with Gasteiger partial charge in [0.2, 0.25) is 0 Å². The average molecular weight is 418 g/mol. The van der Waals surface area contributed by atoms with E-state index in [0.717, 1.165) is 0 Å². The van der Waals surface area contributed by atoms with Gasteiger partial charge in [-0.2, -0.15) is 0 Å². The van der Waals surface area contributed by atoms with E-state index in [1.807, 2.05) is 13.8 Å². The van der Waals surface area contributed by atoms with E-state index in [1.54, 1.807) is 6.07 Å². The Morgan fingerprint density at radius 1 is 1.37 bits per heavy atom. The van der Waals surface area contributed by atoms with E-state index in [4.69, 9.17) is 21.1 Å². The molecule has 2 rings (SSSR count). The van der Waals surface area contributed by atoms with E-state index >= 15 is 0 Å². The Balaban J connectivity index is 2.09. The fourth-order valence-corrected chi connectivity index (χ4v) is 5.00. The van der Waals surface area contributed by atoms with Crippen LogP contribution in [0.4, 0.5) is 0 Å². The molecule has 1 amide bonds. The van der Waals surface area contributed by atoms with Crippen molar-refractivity contribution in [3.8, 4) is 5.75 Å². The number of carbonyl (C=O) groups excluding carboxylic acids is 2. The van der Waals surface area contributed by atoms with Crippen molar-refractivity contribution in [2.45, 2.75) is 38.8 Å². The molecule has 150 valence electrons. The molecular formula is C18H24ClNO6S. The second-order valence-corrected chi connectivity index (χ2v) is 9.20. The van der Waals surface area contributed by atoms with E-state index in [0.29, 0.717) is 17.9 Å². The SMILES string of the molecule is CC[C@@H](C)N(C(=O)COC(=O)c1cc(Cl)ccc1OC)[C@H]1CCS(=O)(=O)C1. The first-order chi connectivity index (χ1) is 12.7. The largest absolute Gasteiger partial charge is 0.496 e. The van der Waals surface area contributed by atoms with Crippen LogP contribution >= 0.6 is 11.6 Å². The van der Waals surface area contributed by atoms with Crippen LogP contribution in [0.2, 0.25) is 5.02 Å². The van der Waals surface area contributed by atoms with Crippen molar-refractivity contribution in [1.29, 1.82) is 0 Å². The lowest BCUT2D eigenvalue weighted by Crippen LogP contribution is -2.48. The van der Waals surface area contributed by atoms with Crippen molar-refractivity contribution < 1.29 is 27.5 Å². The number of hydrogen-bond donors (Lipinski definition) is 0. The maximum atomic E-state index is 12.7. The van der Waals surface area contributed by atoms with Gasteiger partial charge in [0, 0.05) is 17.1 Å². The van der Waals surface area contributed by atoms with Crippen molar-refractivity contribution in [3.63, 3.8) is 0 Å². The molecule has 0 unspecified atom stereocenters. The van der Waals surface area contributed by atoms with Gasteiger partial charge in [-0.3, -0.25) is 4.79 Å². The molecule has 0 aliphatic carbocycles. The fourth-order valence-electron chi connectivity index (χ4n) is 3.12. The van der Waals surface area contributed by atoms with Gasteiger partial charge in [0.05, 0.1) is 18.6 Å². The Kier molecular flexibility index (Phi) is 7.11. The highest BCUT2D eigenvalue weighted by molar-refractivity contribution is 7.91. The number of amides is 1. The summed E-state index contributed by atoms with van der Waals surface area (Å²) < 4.78 is 33.8. The molecule has 0 bridgehead atoms. The zero-order valence-corrected chi connectivity index (χ0v) is 17.2. The van der Waals surface area contributed by atoms with Crippen LogP contribution in [0.1, 0.15) is 37.0 Å². The zero-order chi connectivity index (χ0) is 20.2. The highest BCUT2D eigenvalue weighted by Crippen LogP contribution is 2.24. The second-order valence-electron chi connectivity index (χ2n) is 6.54. The van der Waals surface area contributed by atoms with E-state index in [9.17, 15) is 18.0 Å². The molecular weight excluding hydrogens is 394 g/mol. The minimum atomic E-state index is -3.14. The lowest BCUT2D eigenvalue weighted by molar-refractivity contribution is -0.138. The summed E-state index contributed by atoms with van der Waals surface area (Å²) in [6.07, 6.45) is 1.06. The van der Waals surface area contributed by atoms with Crippen molar-refractivity contribution >= 4 is 33.3 Å². The molecule has 1 heterocycles. The first kappa shape index (κ1) is 21.5. The van der Waals surface area contributed by atoms with E-state index in [2.05, 4.69) is 0 Å². The molecule has 0 radical (unpaired) electrons. The van der Waals surface area contributed by atoms with Crippen molar-refractivity contribution in [1.82, 2.24) is 4.90 Å². The van der Waals surface area contributed by atoms with Gasteiger partial charge in [0.15, 0.2) is 16.4 Å². The topological polar surface area (TPSA) is 90.0 Å². The van der Waals surface area contributed by atoms with Crippen LogP contribution in [0.3, 0.4) is 0 Å². The number of carbonyl (C=O) groups is 2. The number of nitrogens with zero attached hydrogens (tertiary/aromatic N) is 1. The number of halogens is 1. The minimum absolute atomic E-state index is 0.0564. The van der Waals surface area contributed by atoms with Gasteiger partial charge >= 0.3 is 5.97 Å². The molecule has 0 aromatic heterocycles. The van der Waals surface area contributed by atoms with Crippen LogP contribution in [0.5, 0.6) is 5.75 Å². The van der Waals surface area contributed by atoms with Crippen LogP contribution in [0.25, 0.3) is 0 Å². The molecule has 1 aliphatic rings. The van der Waals surface area contributed by atoms with Gasteiger partial charge in [-0.25, -0.2) is 13.2 Å². The van der Waals surface area contributed by atoms with Gasteiger partial charge in [0.1, 0.15) is 11.3 Å². The Labute approximate surface area is 164 Å². The summed E-state index contributed by atoms with van der Waals surface area (Å²) >= 11 is 5.91. The quantitative estimate of drug-likeness (QED) is 0.632. The Hall–Kier alpha value is -1.80. The van der Waals surface area contributed by atoms with E-state index in [-0.39, 0.29) is 28.9 Å². The van der Waals surface area contributed by atoms with E-state index in [1.165, 1.54) is 24.1 Å². The smallest absolute Gasteiger partial charge is 0.342 e. The third-order valence-electron chi connectivity index (χ3n) is 4.66. The van der Waals surface area contributed by atoms with Crippen molar-refractivity contribution in [2.75, 3.05) is 25.2 Å². The van der Waals surface area contributed by atoms with Gasteiger partial charge in [-0.05, 0) is 38.0 Å². The summed E-state index contributed by atoms with van der Waals surface area (Å²) in [5.41, 5.74) is 0.122. The summed E-state index contributed by atoms with van der Waals surface area (Å²) in [7, 11) is -1.72. The number of rotatable bonds is 7. The highest BCUT2D eigenvalue weighted by Gasteiger charge is 2.36. The number of methoxy groups -OCH3 is 1. The number of benzene rings is 1. The first-order valence-electron chi connectivity index (χ1n) is 8.70. The predicted octanol–water partition coefficient (Wildman–Crippen LogP) is 2.32. The van der Waals surface area contributed by atoms with Crippen LogP contribution < -0.4 is 4.74 Å². The van der Waals surface area contributed by atoms with Crippen LogP contribution in [0.15, 0.2) is 18.2 Å². The molecule has 1 aliphatic heterocycles. The maximum absolute atomic E-state index is 12.7. The van der Waals surface area contributed by atoms with Gasteiger partial charge in [-0.1, -0.05) is 18.5 Å². The molecule has 1 aromatic rings. The number of ether oxygens (including phenoxy) is 2. The summed E-state index contributed by atoms with van der Waals surface area (Å²) in [5, 5.41) is 0.339. The lowest BCUT2D eigenvalue weighted by Gasteiger charge is -2.33. The lowest BCUT2D eigenvalue weighted by atomic mass is 10.1. The maximum Gasteiger partial charge on any atom is 0.342 e. The Bertz CT molecular complexity index is 810. The van der Waals surface area contributed by atoms with E-state index < -0.39 is 34.4 Å². The highest BCUT2D eigenvalue weighted by atomic mass is 35.5. The Morgan fingerprint density at radius 2 is 2.07 bits per heavy atom. The van der Waals surface area contributed by atoms with Crippen LogP contribution in [0, 0.1) is 0 Å². The van der Waals surface area contributed by atoms with Gasteiger partial charge in [-0.15, -0.1) is 0 Å². The number of esters is 1. The van der Waals surface area contributed by atoms with Crippen molar-refractivity contribution in [3.05, 3.63) is 28.8 Å². The zero-order valence-electron chi connectivity index (χ0n) is 15.6. The standard InChI is InChI=1S/C18H24ClNO6S/c1-4-12(2)20(14-7-8-27(23,24)11-14)17(21)10-26-18(22)15-9-13(19)5-6-16(15)25-3/h5-6,9,12,14H,4,7-8,10-11H2,1-3H3/t12-,14+/m1/s1. The van der Waals surface area contributed by atoms with Gasteiger partial charge < -0.3 is 14.4 Å². The second kappa shape index (κ2) is 8.93. The molecule has 9 heteroatoms. The predicted molar refractivity (Wildman–Crippen MR) is 102 cm³/mol. The van der Waals surface area contributed by atoms with Crippen molar-refractivity contribution in [2.24, 2.45) is 0 Å². The Morgan fingerprint density at radius 3 is 2.63 bits per heavy atom. The van der Waals surface area contributed by atoms with Crippen LogP contribution in [-0.2, 0) is 19.4 Å². The summed E-state index contributed by atoms with van der Waals surface area (Å²) in [6, 6.07) is 3.97. The molecule has 27 heavy (non-hydrogen) atoms. The van der Waals surface area contributed by atoms with Crippen LogP contribution in [-0.4, -0.2) is 62.5 Å².